The van der Waals surface area contributed by atoms with Crippen LogP contribution in [0.5, 0.6) is 0 Å². The van der Waals surface area contributed by atoms with Gasteiger partial charge in [0, 0.05) is 35.1 Å². The Kier molecular flexibility index (Phi) is 5.52. The molecule has 1 unspecified atom stereocenters. The van der Waals surface area contributed by atoms with E-state index in [2.05, 4.69) is 11.6 Å². The Morgan fingerprint density at radius 1 is 1.09 bits per heavy atom. The summed E-state index contributed by atoms with van der Waals surface area (Å²) in [6.07, 6.45) is 4.71. The molecule has 0 N–H and O–H groups in total. The van der Waals surface area contributed by atoms with Gasteiger partial charge in [-0.05, 0) is 47.5 Å². The summed E-state index contributed by atoms with van der Waals surface area (Å²) in [5.41, 5.74) is 4.20. The lowest BCUT2D eigenvalue weighted by atomic mass is 9.91. The molecule has 3 heterocycles. The smallest absolute Gasteiger partial charge is 0.246 e. The second-order valence-electron chi connectivity index (χ2n) is 7.74. The molecule has 0 bridgehead atoms. The van der Waals surface area contributed by atoms with Gasteiger partial charge in [-0.15, -0.1) is 0 Å². The first-order valence-electron chi connectivity index (χ1n) is 10.5. The maximum atomic E-state index is 15.1. The molecule has 1 atom stereocenters. The molecule has 7 heteroatoms. The molecule has 4 aromatic rings. The first kappa shape index (κ1) is 21.1. The number of aromatic nitrogens is 3. The highest BCUT2D eigenvalue weighted by atomic mass is 35.5. The number of benzene rings is 2. The normalized spacial score (nSPS) is 15.2. The molecule has 0 saturated carbocycles. The summed E-state index contributed by atoms with van der Waals surface area (Å²) in [6.45, 7) is 4.62. The van der Waals surface area contributed by atoms with E-state index in [0.717, 1.165) is 22.4 Å². The van der Waals surface area contributed by atoms with Crippen molar-refractivity contribution in [3.63, 3.8) is 0 Å². The predicted octanol–water partition coefficient (Wildman–Crippen LogP) is 5.52. The number of hydrogen-bond donors (Lipinski definition) is 0. The van der Waals surface area contributed by atoms with E-state index in [-0.39, 0.29) is 5.91 Å². The van der Waals surface area contributed by atoms with E-state index >= 15 is 4.39 Å². The van der Waals surface area contributed by atoms with Crippen molar-refractivity contribution in [2.75, 3.05) is 6.54 Å². The maximum Gasteiger partial charge on any atom is 0.246 e. The van der Waals surface area contributed by atoms with E-state index in [1.54, 1.807) is 29.4 Å². The van der Waals surface area contributed by atoms with Crippen LogP contribution in [0.4, 0.5) is 4.39 Å². The Morgan fingerprint density at radius 2 is 1.85 bits per heavy atom. The van der Waals surface area contributed by atoms with E-state index in [1.165, 1.54) is 12.1 Å². The van der Waals surface area contributed by atoms with Gasteiger partial charge in [-0.25, -0.2) is 4.39 Å². The molecule has 1 aliphatic rings. The molecule has 0 aliphatic carbocycles. The number of hydrogen-bond acceptors (Lipinski definition) is 3. The van der Waals surface area contributed by atoms with Crippen LogP contribution in [0.1, 0.15) is 17.3 Å². The molecule has 5 nitrogen and oxygen atoms in total. The molecule has 5 rings (SSSR count). The van der Waals surface area contributed by atoms with Crippen LogP contribution in [-0.4, -0.2) is 32.1 Å². The lowest BCUT2D eigenvalue weighted by molar-refractivity contribution is -0.128. The van der Waals surface area contributed by atoms with Gasteiger partial charge in [0.15, 0.2) is 0 Å². The van der Waals surface area contributed by atoms with Crippen LogP contribution >= 0.6 is 11.6 Å². The highest BCUT2D eigenvalue weighted by Crippen LogP contribution is 2.44. The molecule has 0 spiro atoms. The molecule has 0 saturated heterocycles. The Labute approximate surface area is 195 Å². The van der Waals surface area contributed by atoms with Crippen LogP contribution < -0.4 is 0 Å². The van der Waals surface area contributed by atoms with E-state index in [0.29, 0.717) is 29.4 Å². The van der Waals surface area contributed by atoms with Gasteiger partial charge in [0.2, 0.25) is 5.91 Å². The minimum atomic E-state index is -0.455. The third-order valence-corrected chi connectivity index (χ3v) is 6.08. The Balaban J connectivity index is 1.82. The number of carbonyl (C=O) groups is 1. The van der Waals surface area contributed by atoms with Crippen molar-refractivity contribution in [2.24, 2.45) is 0 Å². The van der Waals surface area contributed by atoms with Gasteiger partial charge in [0.1, 0.15) is 17.6 Å². The van der Waals surface area contributed by atoms with Crippen molar-refractivity contribution in [2.45, 2.75) is 12.6 Å². The summed E-state index contributed by atoms with van der Waals surface area (Å²) in [4.78, 5) is 18.8. The fourth-order valence-electron chi connectivity index (χ4n) is 4.40. The van der Waals surface area contributed by atoms with Crippen molar-refractivity contribution in [1.82, 2.24) is 19.7 Å². The summed E-state index contributed by atoms with van der Waals surface area (Å²) in [7, 11) is 0. The third kappa shape index (κ3) is 3.72. The fraction of sp³-hybridized carbons (Fsp3) is 0.115. The molecular weight excluding hydrogens is 439 g/mol. The standard InChI is InChI=1S/C26H20ClFN4O/c1-2-22(33)31-14-15-32-26(25(31)18-6-4-3-5-7-18)23(17-10-12-29-13-11-17)24(30-32)20-9-8-19(27)16-21(20)28/h2-13,16,25H,1,14-15H2. The Morgan fingerprint density at radius 3 is 2.55 bits per heavy atom. The molecule has 164 valence electrons. The summed E-state index contributed by atoms with van der Waals surface area (Å²) in [6, 6.07) is 17.7. The molecule has 33 heavy (non-hydrogen) atoms. The quantitative estimate of drug-likeness (QED) is 0.378. The van der Waals surface area contributed by atoms with Gasteiger partial charge < -0.3 is 4.90 Å². The summed E-state index contributed by atoms with van der Waals surface area (Å²) in [5, 5.41) is 5.15. The van der Waals surface area contributed by atoms with Gasteiger partial charge in [0.05, 0.1) is 12.2 Å². The fourth-order valence-corrected chi connectivity index (χ4v) is 4.56. The largest absolute Gasteiger partial charge is 0.325 e. The van der Waals surface area contributed by atoms with Crippen molar-refractivity contribution in [3.8, 4) is 22.4 Å². The van der Waals surface area contributed by atoms with Gasteiger partial charge >= 0.3 is 0 Å². The first-order chi connectivity index (χ1) is 16.1. The van der Waals surface area contributed by atoms with Gasteiger partial charge in [-0.2, -0.15) is 5.10 Å². The van der Waals surface area contributed by atoms with Crippen LogP contribution in [0.2, 0.25) is 5.02 Å². The number of nitrogens with zero attached hydrogens (tertiary/aromatic N) is 4. The SMILES string of the molecule is C=CC(=O)N1CCn2nc(-c3ccc(Cl)cc3F)c(-c3ccncc3)c2C1c1ccccc1. The lowest BCUT2D eigenvalue weighted by Gasteiger charge is -2.36. The predicted molar refractivity (Wildman–Crippen MR) is 126 cm³/mol. The number of halogens is 2. The number of rotatable bonds is 4. The van der Waals surface area contributed by atoms with Gasteiger partial charge in [0.25, 0.3) is 0 Å². The maximum absolute atomic E-state index is 15.1. The highest BCUT2D eigenvalue weighted by Gasteiger charge is 2.37. The van der Waals surface area contributed by atoms with Crippen molar-refractivity contribution < 1.29 is 9.18 Å². The zero-order chi connectivity index (χ0) is 22.9. The minimum absolute atomic E-state index is 0.170. The van der Waals surface area contributed by atoms with Crippen molar-refractivity contribution >= 4 is 17.5 Å². The van der Waals surface area contributed by atoms with Crippen molar-refractivity contribution in [1.29, 1.82) is 0 Å². The van der Waals surface area contributed by atoms with Crippen molar-refractivity contribution in [3.05, 3.63) is 108 Å². The van der Waals surface area contributed by atoms with Crippen LogP contribution in [0, 0.1) is 5.82 Å². The second-order valence-corrected chi connectivity index (χ2v) is 8.18. The van der Waals surface area contributed by atoms with Crippen LogP contribution in [-0.2, 0) is 11.3 Å². The highest BCUT2D eigenvalue weighted by molar-refractivity contribution is 6.30. The van der Waals surface area contributed by atoms with E-state index in [1.807, 2.05) is 47.1 Å². The van der Waals surface area contributed by atoms with E-state index < -0.39 is 11.9 Å². The van der Waals surface area contributed by atoms with Crippen LogP contribution in [0.15, 0.2) is 85.7 Å². The second kappa shape index (κ2) is 8.64. The first-order valence-corrected chi connectivity index (χ1v) is 10.9. The number of fused-ring (bicyclic) bond motifs is 1. The number of amides is 1. The zero-order valence-electron chi connectivity index (χ0n) is 17.7. The average Bonchev–Trinajstić information content (AvgIpc) is 3.23. The Bertz CT molecular complexity index is 1340. The zero-order valence-corrected chi connectivity index (χ0v) is 18.4. The average molecular weight is 459 g/mol. The molecule has 2 aromatic carbocycles. The van der Waals surface area contributed by atoms with Gasteiger partial charge in [-0.1, -0.05) is 48.5 Å². The summed E-state index contributed by atoms with van der Waals surface area (Å²) >= 11 is 6.01. The monoisotopic (exact) mass is 458 g/mol. The molecule has 2 aromatic heterocycles. The summed E-state index contributed by atoms with van der Waals surface area (Å²) in [5.74, 6) is -0.625. The molecule has 0 fully saturated rings. The molecule has 1 aliphatic heterocycles. The summed E-state index contributed by atoms with van der Waals surface area (Å²) < 4.78 is 16.9. The van der Waals surface area contributed by atoms with Gasteiger partial charge in [-0.3, -0.25) is 14.5 Å². The minimum Gasteiger partial charge on any atom is -0.325 e. The molecule has 1 amide bonds. The Hall–Kier alpha value is -3.77. The van der Waals surface area contributed by atoms with E-state index in [4.69, 9.17) is 16.7 Å². The molecular formula is C26H20ClFN4O. The number of carbonyl (C=O) groups excluding carboxylic acids is 1. The topological polar surface area (TPSA) is 51.0 Å². The van der Waals surface area contributed by atoms with E-state index in [9.17, 15) is 4.79 Å². The lowest BCUT2D eigenvalue weighted by Crippen LogP contribution is -2.42. The number of pyridine rings is 1. The molecule has 0 radical (unpaired) electrons. The van der Waals surface area contributed by atoms with Crippen LogP contribution in [0.3, 0.4) is 0 Å². The third-order valence-electron chi connectivity index (χ3n) is 5.84. The van der Waals surface area contributed by atoms with Crippen LogP contribution in [0.25, 0.3) is 22.4 Å².